The third-order valence-corrected chi connectivity index (χ3v) is 4.42. The summed E-state index contributed by atoms with van der Waals surface area (Å²) < 4.78 is 0. The zero-order valence-corrected chi connectivity index (χ0v) is 15.8. The molecule has 5 heteroatoms. The van der Waals surface area contributed by atoms with Gasteiger partial charge in [-0.1, -0.05) is 17.7 Å². The number of hydrogen-bond donors (Lipinski definition) is 1. The number of nitrogens with zero attached hydrogens (tertiary/aromatic N) is 1. The van der Waals surface area contributed by atoms with E-state index in [1.165, 1.54) is 12.5 Å². The highest BCUT2D eigenvalue weighted by Gasteiger charge is 2.15. The molecule has 2 rings (SSSR count). The Kier molecular flexibility index (Phi) is 6.21. The van der Waals surface area contributed by atoms with Crippen LogP contribution in [0.15, 0.2) is 36.4 Å². The van der Waals surface area contributed by atoms with Crippen molar-refractivity contribution in [2.45, 2.75) is 34.1 Å². The molecule has 1 N–H and O–H groups in total. The topological polar surface area (TPSA) is 49.4 Å². The van der Waals surface area contributed by atoms with E-state index in [-0.39, 0.29) is 18.2 Å². The third kappa shape index (κ3) is 5.07. The predicted octanol–water partition coefficient (Wildman–Crippen LogP) is 4.65. The molecular weight excluding hydrogens is 336 g/mol. The highest BCUT2D eigenvalue weighted by molar-refractivity contribution is 6.30. The summed E-state index contributed by atoms with van der Waals surface area (Å²) in [6.45, 7) is 7.74. The maximum Gasteiger partial charge on any atom is 0.226 e. The number of hydrogen-bond acceptors (Lipinski definition) is 2. The summed E-state index contributed by atoms with van der Waals surface area (Å²) >= 11 is 5.98. The van der Waals surface area contributed by atoms with Gasteiger partial charge in [-0.25, -0.2) is 0 Å². The van der Waals surface area contributed by atoms with Crippen molar-refractivity contribution in [3.63, 3.8) is 0 Å². The fourth-order valence-corrected chi connectivity index (χ4v) is 2.85. The zero-order valence-electron chi connectivity index (χ0n) is 15.0. The van der Waals surface area contributed by atoms with E-state index in [1.807, 2.05) is 45.0 Å². The lowest BCUT2D eigenvalue weighted by atomic mass is 10.1. The number of carbonyl (C=O) groups is 2. The molecule has 0 radical (unpaired) electrons. The van der Waals surface area contributed by atoms with Crippen LogP contribution in [0.1, 0.15) is 30.0 Å². The Hall–Kier alpha value is -2.33. The molecule has 2 aromatic carbocycles. The molecule has 132 valence electrons. The van der Waals surface area contributed by atoms with Gasteiger partial charge in [0.15, 0.2) is 0 Å². The van der Waals surface area contributed by atoms with Crippen LogP contribution in [0.5, 0.6) is 0 Å². The average Bonchev–Trinajstić information content (AvgIpc) is 2.52. The quantitative estimate of drug-likeness (QED) is 0.845. The van der Waals surface area contributed by atoms with E-state index in [0.717, 1.165) is 22.5 Å². The third-order valence-electron chi connectivity index (χ3n) is 4.18. The summed E-state index contributed by atoms with van der Waals surface area (Å²) in [5.74, 6) is -0.231. The second-order valence-electron chi connectivity index (χ2n) is 6.20. The molecule has 0 spiro atoms. The van der Waals surface area contributed by atoms with Crippen LogP contribution in [-0.4, -0.2) is 18.4 Å². The van der Waals surface area contributed by atoms with E-state index in [0.29, 0.717) is 11.6 Å². The first kappa shape index (κ1) is 19.0. The van der Waals surface area contributed by atoms with Crippen molar-refractivity contribution in [3.05, 3.63) is 58.1 Å². The fraction of sp³-hybridized carbons (Fsp3) is 0.300. The number of nitrogens with one attached hydrogen (secondary N) is 1. The Morgan fingerprint density at radius 3 is 2.32 bits per heavy atom. The van der Waals surface area contributed by atoms with E-state index in [9.17, 15) is 9.59 Å². The second-order valence-corrected chi connectivity index (χ2v) is 6.64. The van der Waals surface area contributed by atoms with Gasteiger partial charge in [-0.15, -0.1) is 0 Å². The van der Waals surface area contributed by atoms with Crippen LogP contribution >= 0.6 is 11.6 Å². The molecule has 2 amide bonds. The number of rotatable bonds is 5. The molecule has 0 fully saturated rings. The van der Waals surface area contributed by atoms with Crippen LogP contribution in [-0.2, 0) is 9.59 Å². The van der Waals surface area contributed by atoms with Gasteiger partial charge in [-0.2, -0.15) is 0 Å². The lowest BCUT2D eigenvalue weighted by Gasteiger charge is -2.23. The number of anilines is 2. The lowest BCUT2D eigenvalue weighted by molar-refractivity contribution is -0.117. The molecule has 4 nitrogen and oxygen atoms in total. The number of benzene rings is 2. The Bertz CT molecular complexity index is 802. The molecule has 0 saturated heterocycles. The normalized spacial score (nSPS) is 10.4. The summed E-state index contributed by atoms with van der Waals surface area (Å²) in [5, 5.41) is 3.50. The molecule has 0 aliphatic rings. The van der Waals surface area contributed by atoms with E-state index in [4.69, 9.17) is 11.6 Å². The second kappa shape index (κ2) is 8.17. The highest BCUT2D eigenvalue weighted by atomic mass is 35.5. The Balaban J connectivity index is 2.04. The molecule has 0 saturated carbocycles. The van der Waals surface area contributed by atoms with Crippen LogP contribution in [0.4, 0.5) is 11.4 Å². The Morgan fingerprint density at radius 2 is 1.72 bits per heavy atom. The van der Waals surface area contributed by atoms with Gasteiger partial charge >= 0.3 is 0 Å². The molecule has 0 bridgehead atoms. The van der Waals surface area contributed by atoms with Gasteiger partial charge in [-0.05, 0) is 67.8 Å². The van der Waals surface area contributed by atoms with Gasteiger partial charge in [0.25, 0.3) is 0 Å². The molecule has 0 unspecified atom stereocenters. The molecular formula is C20H23ClN2O2. The van der Waals surface area contributed by atoms with Crippen molar-refractivity contribution in [2.75, 3.05) is 16.8 Å². The molecule has 25 heavy (non-hydrogen) atoms. The van der Waals surface area contributed by atoms with Crippen LogP contribution < -0.4 is 10.2 Å². The van der Waals surface area contributed by atoms with Crippen LogP contribution in [0.25, 0.3) is 0 Å². The van der Waals surface area contributed by atoms with E-state index < -0.39 is 0 Å². The minimum atomic E-state index is -0.124. The SMILES string of the molecule is CC(=O)N(CCC(=O)Nc1ccc(C)c(C)c1)c1ccc(Cl)cc1C. The van der Waals surface area contributed by atoms with Crippen molar-refractivity contribution in [3.8, 4) is 0 Å². The minimum Gasteiger partial charge on any atom is -0.326 e. The van der Waals surface area contributed by atoms with E-state index in [2.05, 4.69) is 5.32 Å². The number of halogens is 1. The summed E-state index contributed by atoms with van der Waals surface area (Å²) in [5.41, 5.74) is 4.75. The summed E-state index contributed by atoms with van der Waals surface area (Å²) in [6.07, 6.45) is 0.217. The van der Waals surface area contributed by atoms with Crippen molar-refractivity contribution < 1.29 is 9.59 Å². The van der Waals surface area contributed by atoms with Gasteiger partial charge in [0, 0.05) is 36.3 Å². The van der Waals surface area contributed by atoms with Gasteiger partial charge in [-0.3, -0.25) is 9.59 Å². The maximum atomic E-state index is 12.2. The smallest absolute Gasteiger partial charge is 0.226 e. The van der Waals surface area contributed by atoms with Gasteiger partial charge < -0.3 is 10.2 Å². The van der Waals surface area contributed by atoms with E-state index in [1.54, 1.807) is 17.0 Å². The first-order valence-corrected chi connectivity index (χ1v) is 8.57. The van der Waals surface area contributed by atoms with Gasteiger partial charge in [0.2, 0.25) is 11.8 Å². The Morgan fingerprint density at radius 1 is 1.00 bits per heavy atom. The maximum absolute atomic E-state index is 12.2. The number of amides is 2. The molecule has 0 heterocycles. The highest BCUT2D eigenvalue weighted by Crippen LogP contribution is 2.24. The molecule has 2 aromatic rings. The summed E-state index contributed by atoms with van der Waals surface area (Å²) in [7, 11) is 0. The molecule has 0 aliphatic heterocycles. The molecule has 0 aromatic heterocycles. The van der Waals surface area contributed by atoms with Crippen molar-refractivity contribution in [2.24, 2.45) is 0 Å². The number of aryl methyl sites for hydroxylation is 3. The minimum absolute atomic E-state index is 0.107. The van der Waals surface area contributed by atoms with E-state index >= 15 is 0 Å². The predicted molar refractivity (Wildman–Crippen MR) is 103 cm³/mol. The average molecular weight is 359 g/mol. The van der Waals surface area contributed by atoms with Crippen molar-refractivity contribution in [1.29, 1.82) is 0 Å². The summed E-state index contributed by atoms with van der Waals surface area (Å²) in [6, 6.07) is 11.2. The number of carbonyl (C=O) groups excluding carboxylic acids is 2. The van der Waals surface area contributed by atoms with Crippen LogP contribution in [0, 0.1) is 20.8 Å². The molecule has 0 atom stereocenters. The lowest BCUT2D eigenvalue weighted by Crippen LogP contribution is -2.32. The fourth-order valence-electron chi connectivity index (χ4n) is 2.63. The first-order chi connectivity index (χ1) is 11.8. The van der Waals surface area contributed by atoms with Crippen molar-refractivity contribution in [1.82, 2.24) is 0 Å². The first-order valence-electron chi connectivity index (χ1n) is 8.19. The Labute approximate surface area is 153 Å². The largest absolute Gasteiger partial charge is 0.326 e. The van der Waals surface area contributed by atoms with Gasteiger partial charge in [0.05, 0.1) is 0 Å². The zero-order chi connectivity index (χ0) is 18.6. The van der Waals surface area contributed by atoms with Gasteiger partial charge in [0.1, 0.15) is 0 Å². The van der Waals surface area contributed by atoms with Crippen molar-refractivity contribution >= 4 is 34.8 Å². The monoisotopic (exact) mass is 358 g/mol. The van der Waals surface area contributed by atoms with Crippen LogP contribution in [0.2, 0.25) is 5.02 Å². The standard InChI is InChI=1S/C20H23ClN2O2/c1-13-5-7-18(12-14(13)2)22-20(25)9-10-23(16(4)24)19-8-6-17(21)11-15(19)3/h5-8,11-12H,9-10H2,1-4H3,(H,22,25). The molecule has 0 aliphatic carbocycles. The summed E-state index contributed by atoms with van der Waals surface area (Å²) in [4.78, 5) is 25.8. The van der Waals surface area contributed by atoms with Crippen LogP contribution in [0.3, 0.4) is 0 Å².